The standard InChI is InChI=1S/C19H24ClNO3/c1-13-10-16(11-14(2)19(13)20)23-8-9-24-17-5-4-15(6-7-21)12-18(17)22-3/h4-5,10-12H,6-9,21H2,1-3H3. The van der Waals surface area contributed by atoms with Crippen molar-refractivity contribution in [2.24, 2.45) is 5.73 Å². The SMILES string of the molecule is COc1cc(CCN)ccc1OCCOc1cc(C)c(Cl)c(C)c1. The van der Waals surface area contributed by atoms with Gasteiger partial charge in [0.05, 0.1) is 7.11 Å². The molecule has 0 aromatic heterocycles. The van der Waals surface area contributed by atoms with Crippen LogP contribution in [0.1, 0.15) is 16.7 Å². The van der Waals surface area contributed by atoms with E-state index in [0.717, 1.165) is 33.9 Å². The Balaban J connectivity index is 1.90. The third-order valence-electron chi connectivity index (χ3n) is 3.68. The quantitative estimate of drug-likeness (QED) is 0.734. The fourth-order valence-corrected chi connectivity index (χ4v) is 2.56. The average Bonchev–Trinajstić information content (AvgIpc) is 2.57. The van der Waals surface area contributed by atoms with Crippen LogP contribution >= 0.6 is 11.6 Å². The van der Waals surface area contributed by atoms with Crippen molar-refractivity contribution in [2.75, 3.05) is 26.9 Å². The van der Waals surface area contributed by atoms with Crippen molar-refractivity contribution in [3.8, 4) is 17.2 Å². The van der Waals surface area contributed by atoms with Gasteiger partial charge in [0.2, 0.25) is 0 Å². The van der Waals surface area contributed by atoms with Gasteiger partial charge in [0.25, 0.3) is 0 Å². The van der Waals surface area contributed by atoms with E-state index in [-0.39, 0.29) is 0 Å². The van der Waals surface area contributed by atoms with Crippen LogP contribution in [0.3, 0.4) is 0 Å². The summed E-state index contributed by atoms with van der Waals surface area (Å²) in [5, 5.41) is 0.779. The Morgan fingerprint density at radius 2 is 1.62 bits per heavy atom. The lowest BCUT2D eigenvalue weighted by molar-refractivity contribution is 0.211. The van der Waals surface area contributed by atoms with Gasteiger partial charge in [-0.1, -0.05) is 17.7 Å². The minimum absolute atomic E-state index is 0.424. The summed E-state index contributed by atoms with van der Waals surface area (Å²) in [4.78, 5) is 0. The van der Waals surface area contributed by atoms with Crippen LogP contribution < -0.4 is 19.9 Å². The van der Waals surface area contributed by atoms with Gasteiger partial charge in [-0.2, -0.15) is 0 Å². The highest BCUT2D eigenvalue weighted by atomic mass is 35.5. The molecule has 0 atom stereocenters. The van der Waals surface area contributed by atoms with Gasteiger partial charge in [0, 0.05) is 5.02 Å². The van der Waals surface area contributed by atoms with E-state index in [2.05, 4.69) is 0 Å². The average molecular weight is 350 g/mol. The van der Waals surface area contributed by atoms with Crippen molar-refractivity contribution >= 4 is 11.6 Å². The Morgan fingerprint density at radius 3 is 2.25 bits per heavy atom. The first kappa shape index (κ1) is 18.4. The Morgan fingerprint density at radius 1 is 0.958 bits per heavy atom. The summed E-state index contributed by atoms with van der Waals surface area (Å²) in [6.45, 7) is 5.40. The molecule has 0 heterocycles. The maximum atomic E-state index is 6.16. The van der Waals surface area contributed by atoms with E-state index in [1.807, 2.05) is 44.2 Å². The van der Waals surface area contributed by atoms with E-state index in [1.165, 1.54) is 0 Å². The van der Waals surface area contributed by atoms with E-state index >= 15 is 0 Å². The Kier molecular flexibility index (Phi) is 6.76. The molecule has 0 aliphatic rings. The maximum absolute atomic E-state index is 6.16. The smallest absolute Gasteiger partial charge is 0.161 e. The van der Waals surface area contributed by atoms with Gasteiger partial charge in [0.15, 0.2) is 11.5 Å². The predicted molar refractivity (Wildman–Crippen MR) is 97.7 cm³/mol. The molecule has 0 bridgehead atoms. The number of rotatable bonds is 8. The second-order valence-corrected chi connectivity index (χ2v) is 5.97. The van der Waals surface area contributed by atoms with E-state index in [1.54, 1.807) is 7.11 Å². The van der Waals surface area contributed by atoms with Crippen LogP contribution in [0.25, 0.3) is 0 Å². The molecule has 4 nitrogen and oxygen atoms in total. The van der Waals surface area contributed by atoms with Crippen LogP contribution in [-0.2, 0) is 6.42 Å². The fourth-order valence-electron chi connectivity index (χ4n) is 2.45. The minimum atomic E-state index is 0.424. The first-order valence-corrected chi connectivity index (χ1v) is 8.32. The monoisotopic (exact) mass is 349 g/mol. The normalized spacial score (nSPS) is 10.5. The lowest BCUT2D eigenvalue weighted by Gasteiger charge is -2.13. The number of ether oxygens (including phenoxy) is 3. The summed E-state index contributed by atoms with van der Waals surface area (Å²) in [6.07, 6.45) is 0.815. The minimum Gasteiger partial charge on any atom is -0.493 e. The van der Waals surface area contributed by atoms with Crippen molar-refractivity contribution in [2.45, 2.75) is 20.3 Å². The number of benzene rings is 2. The second kappa shape index (κ2) is 8.81. The molecule has 0 spiro atoms. The predicted octanol–water partition coefficient (Wildman–Crippen LogP) is 3.92. The first-order valence-electron chi connectivity index (χ1n) is 7.94. The molecule has 0 saturated heterocycles. The molecule has 130 valence electrons. The molecule has 2 N–H and O–H groups in total. The number of halogens is 1. The number of nitrogens with two attached hydrogens (primary N) is 1. The summed E-state index contributed by atoms with van der Waals surface area (Å²) in [7, 11) is 1.63. The third kappa shape index (κ3) is 4.79. The van der Waals surface area contributed by atoms with Gasteiger partial charge in [-0.25, -0.2) is 0 Å². The molecule has 0 unspecified atom stereocenters. The Hall–Kier alpha value is -1.91. The van der Waals surface area contributed by atoms with E-state index in [0.29, 0.717) is 31.3 Å². The third-order valence-corrected chi connectivity index (χ3v) is 4.28. The highest BCUT2D eigenvalue weighted by Crippen LogP contribution is 2.28. The second-order valence-electron chi connectivity index (χ2n) is 5.59. The molecule has 2 rings (SSSR count). The van der Waals surface area contributed by atoms with Crippen molar-refractivity contribution in [1.82, 2.24) is 0 Å². The molecule has 0 aliphatic carbocycles. The molecular weight excluding hydrogens is 326 g/mol. The molecule has 2 aromatic carbocycles. The van der Waals surface area contributed by atoms with E-state index < -0.39 is 0 Å². The highest BCUT2D eigenvalue weighted by Gasteiger charge is 2.07. The van der Waals surface area contributed by atoms with Crippen LogP contribution in [0.4, 0.5) is 0 Å². The molecule has 0 saturated carbocycles. The van der Waals surface area contributed by atoms with Gasteiger partial charge in [-0.05, 0) is 67.8 Å². The van der Waals surface area contributed by atoms with Gasteiger partial charge in [0.1, 0.15) is 19.0 Å². The number of aryl methyl sites for hydroxylation is 2. The summed E-state index contributed by atoms with van der Waals surface area (Å²) in [5.41, 5.74) is 8.72. The van der Waals surface area contributed by atoms with Crippen LogP contribution in [0.15, 0.2) is 30.3 Å². The molecule has 0 fully saturated rings. The molecular formula is C19H24ClNO3. The lowest BCUT2D eigenvalue weighted by Crippen LogP contribution is -2.10. The lowest BCUT2D eigenvalue weighted by atomic mass is 10.1. The Bertz CT molecular complexity index is 665. The Labute approximate surface area is 148 Å². The highest BCUT2D eigenvalue weighted by molar-refractivity contribution is 6.32. The topological polar surface area (TPSA) is 53.7 Å². The van der Waals surface area contributed by atoms with Gasteiger partial charge < -0.3 is 19.9 Å². The van der Waals surface area contributed by atoms with Crippen molar-refractivity contribution in [1.29, 1.82) is 0 Å². The van der Waals surface area contributed by atoms with Crippen molar-refractivity contribution < 1.29 is 14.2 Å². The summed E-state index contributed by atoms with van der Waals surface area (Å²) >= 11 is 6.16. The van der Waals surface area contributed by atoms with Crippen LogP contribution in [0.2, 0.25) is 5.02 Å². The van der Waals surface area contributed by atoms with Crippen LogP contribution in [0, 0.1) is 13.8 Å². The number of hydrogen-bond acceptors (Lipinski definition) is 4. The van der Waals surface area contributed by atoms with Crippen molar-refractivity contribution in [3.05, 3.63) is 52.0 Å². The zero-order chi connectivity index (χ0) is 17.5. The molecule has 24 heavy (non-hydrogen) atoms. The zero-order valence-corrected chi connectivity index (χ0v) is 15.2. The summed E-state index contributed by atoms with van der Waals surface area (Å²) in [6, 6.07) is 9.71. The summed E-state index contributed by atoms with van der Waals surface area (Å²) < 4.78 is 16.9. The van der Waals surface area contributed by atoms with Crippen LogP contribution in [0.5, 0.6) is 17.2 Å². The van der Waals surface area contributed by atoms with Gasteiger partial charge in [-0.15, -0.1) is 0 Å². The van der Waals surface area contributed by atoms with Gasteiger partial charge in [-0.3, -0.25) is 0 Å². The molecule has 0 aliphatic heterocycles. The zero-order valence-electron chi connectivity index (χ0n) is 14.4. The van der Waals surface area contributed by atoms with Crippen LogP contribution in [-0.4, -0.2) is 26.9 Å². The van der Waals surface area contributed by atoms with Gasteiger partial charge >= 0.3 is 0 Å². The molecule has 0 radical (unpaired) electrons. The summed E-state index contributed by atoms with van der Waals surface area (Å²) in [5.74, 6) is 2.20. The number of hydrogen-bond donors (Lipinski definition) is 1. The number of methoxy groups -OCH3 is 1. The fraction of sp³-hybridized carbons (Fsp3) is 0.368. The van der Waals surface area contributed by atoms with E-state index in [4.69, 9.17) is 31.5 Å². The molecule has 0 amide bonds. The first-order chi connectivity index (χ1) is 11.5. The maximum Gasteiger partial charge on any atom is 0.161 e. The van der Waals surface area contributed by atoms with Crippen molar-refractivity contribution in [3.63, 3.8) is 0 Å². The van der Waals surface area contributed by atoms with E-state index in [9.17, 15) is 0 Å². The molecule has 2 aromatic rings. The largest absolute Gasteiger partial charge is 0.493 e. The molecule has 5 heteroatoms.